The number of carbonyl (C=O) groups excluding carboxylic acids is 1. The molecule has 1 aliphatic heterocycles. The molecular formula is C11H20N2O. The Morgan fingerprint density at radius 3 is 2.86 bits per heavy atom. The third-order valence-corrected chi connectivity index (χ3v) is 2.74. The second kappa shape index (κ2) is 5.27. The minimum atomic E-state index is 0.127. The maximum Gasteiger partial charge on any atom is 0.152 e. The van der Waals surface area contributed by atoms with Crippen molar-refractivity contribution in [2.75, 3.05) is 33.7 Å². The van der Waals surface area contributed by atoms with Crippen LogP contribution in [0.25, 0.3) is 0 Å². The molecule has 0 amide bonds. The second-order valence-corrected chi connectivity index (χ2v) is 4.16. The lowest BCUT2D eigenvalue weighted by atomic mass is 10.2. The Kier molecular flexibility index (Phi) is 4.29. The fraction of sp³-hybridized carbons (Fsp3) is 0.727. The van der Waals surface area contributed by atoms with Crippen molar-refractivity contribution in [2.45, 2.75) is 19.4 Å². The smallest absolute Gasteiger partial charge is 0.152 e. The largest absolute Gasteiger partial charge is 0.305 e. The number of likely N-dealkylation sites (N-methyl/N-ethyl adjacent to an activating group) is 2. The number of nitrogens with zero attached hydrogens (tertiary/aromatic N) is 2. The van der Waals surface area contributed by atoms with Crippen molar-refractivity contribution in [2.24, 2.45) is 0 Å². The first kappa shape index (κ1) is 11.4. The monoisotopic (exact) mass is 196 g/mol. The highest BCUT2D eigenvalue weighted by Crippen LogP contribution is 2.11. The SMILES string of the molecule is CC(=O)/C=C/CN(C)C1CCN(C)C1. The molecule has 0 aromatic carbocycles. The highest BCUT2D eigenvalue weighted by atomic mass is 16.1. The number of allylic oxidation sites excluding steroid dienone is 1. The van der Waals surface area contributed by atoms with Gasteiger partial charge in [-0.05, 0) is 40.1 Å². The number of carbonyl (C=O) groups is 1. The molecule has 1 heterocycles. The lowest BCUT2D eigenvalue weighted by molar-refractivity contribution is -0.112. The van der Waals surface area contributed by atoms with Gasteiger partial charge in [0.2, 0.25) is 0 Å². The zero-order chi connectivity index (χ0) is 10.6. The van der Waals surface area contributed by atoms with E-state index in [1.54, 1.807) is 13.0 Å². The van der Waals surface area contributed by atoms with E-state index in [1.807, 2.05) is 6.08 Å². The van der Waals surface area contributed by atoms with Crippen LogP contribution in [0.2, 0.25) is 0 Å². The summed E-state index contributed by atoms with van der Waals surface area (Å²) >= 11 is 0. The minimum absolute atomic E-state index is 0.127. The number of hydrogen-bond acceptors (Lipinski definition) is 3. The standard InChI is InChI=1S/C11H20N2O/c1-10(14)5-4-7-13(3)11-6-8-12(2)9-11/h4-5,11H,6-9H2,1-3H3/b5-4+. The van der Waals surface area contributed by atoms with Crippen LogP contribution in [0.15, 0.2) is 12.2 Å². The number of ketones is 1. The molecule has 0 aromatic heterocycles. The van der Waals surface area contributed by atoms with E-state index in [-0.39, 0.29) is 5.78 Å². The third-order valence-electron chi connectivity index (χ3n) is 2.74. The molecule has 1 unspecified atom stereocenters. The summed E-state index contributed by atoms with van der Waals surface area (Å²) in [7, 11) is 4.27. The maximum absolute atomic E-state index is 10.7. The molecule has 1 fully saturated rings. The van der Waals surface area contributed by atoms with Gasteiger partial charge in [-0.3, -0.25) is 9.69 Å². The lowest BCUT2D eigenvalue weighted by Gasteiger charge is -2.22. The summed E-state index contributed by atoms with van der Waals surface area (Å²) in [4.78, 5) is 15.3. The van der Waals surface area contributed by atoms with Crippen LogP contribution in [-0.2, 0) is 4.79 Å². The van der Waals surface area contributed by atoms with Crippen molar-refractivity contribution in [3.63, 3.8) is 0 Å². The van der Waals surface area contributed by atoms with E-state index in [1.165, 1.54) is 13.0 Å². The van der Waals surface area contributed by atoms with E-state index in [4.69, 9.17) is 0 Å². The Labute approximate surface area is 86.4 Å². The number of likely N-dealkylation sites (tertiary alicyclic amines) is 1. The maximum atomic E-state index is 10.7. The van der Waals surface area contributed by atoms with Gasteiger partial charge in [0.1, 0.15) is 0 Å². The van der Waals surface area contributed by atoms with E-state index in [9.17, 15) is 4.79 Å². The summed E-state index contributed by atoms with van der Waals surface area (Å²) in [6.45, 7) is 4.79. The molecule has 0 N–H and O–H groups in total. The molecule has 80 valence electrons. The van der Waals surface area contributed by atoms with Crippen LogP contribution < -0.4 is 0 Å². The molecule has 0 spiro atoms. The minimum Gasteiger partial charge on any atom is -0.305 e. The fourth-order valence-electron chi connectivity index (χ4n) is 1.81. The van der Waals surface area contributed by atoms with Gasteiger partial charge in [-0.1, -0.05) is 6.08 Å². The first-order chi connectivity index (χ1) is 6.59. The molecule has 3 heteroatoms. The van der Waals surface area contributed by atoms with Gasteiger partial charge in [-0.25, -0.2) is 0 Å². The average Bonchev–Trinajstić information content (AvgIpc) is 2.51. The van der Waals surface area contributed by atoms with Crippen LogP contribution in [0.3, 0.4) is 0 Å². The molecule has 0 bridgehead atoms. The average molecular weight is 196 g/mol. The summed E-state index contributed by atoms with van der Waals surface area (Å²) in [6, 6.07) is 0.650. The van der Waals surface area contributed by atoms with Gasteiger partial charge < -0.3 is 4.90 Å². The highest BCUT2D eigenvalue weighted by Gasteiger charge is 2.21. The van der Waals surface area contributed by atoms with Gasteiger partial charge in [0.25, 0.3) is 0 Å². The van der Waals surface area contributed by atoms with Gasteiger partial charge in [0.05, 0.1) is 0 Å². The Morgan fingerprint density at radius 1 is 1.64 bits per heavy atom. The van der Waals surface area contributed by atoms with Crippen molar-refractivity contribution in [1.29, 1.82) is 0 Å². The predicted molar refractivity (Wildman–Crippen MR) is 58.4 cm³/mol. The number of hydrogen-bond donors (Lipinski definition) is 0. The van der Waals surface area contributed by atoms with Crippen LogP contribution in [0.4, 0.5) is 0 Å². The van der Waals surface area contributed by atoms with Gasteiger partial charge in [-0.2, -0.15) is 0 Å². The topological polar surface area (TPSA) is 23.6 Å². The molecular weight excluding hydrogens is 176 g/mol. The predicted octanol–water partition coefficient (Wildman–Crippen LogP) is 0.768. The number of rotatable bonds is 4. The van der Waals surface area contributed by atoms with E-state index in [0.29, 0.717) is 6.04 Å². The first-order valence-corrected chi connectivity index (χ1v) is 5.15. The van der Waals surface area contributed by atoms with E-state index in [2.05, 4.69) is 23.9 Å². The normalized spacial score (nSPS) is 23.9. The molecule has 1 saturated heterocycles. The summed E-state index contributed by atoms with van der Waals surface area (Å²) in [5.74, 6) is 0.127. The van der Waals surface area contributed by atoms with Crippen LogP contribution in [0.5, 0.6) is 0 Å². The third kappa shape index (κ3) is 3.60. The highest BCUT2D eigenvalue weighted by molar-refractivity contribution is 5.87. The summed E-state index contributed by atoms with van der Waals surface area (Å²) in [6.07, 6.45) is 4.83. The van der Waals surface area contributed by atoms with Gasteiger partial charge in [0, 0.05) is 19.1 Å². The zero-order valence-corrected chi connectivity index (χ0v) is 9.36. The van der Waals surface area contributed by atoms with E-state index >= 15 is 0 Å². The van der Waals surface area contributed by atoms with Gasteiger partial charge >= 0.3 is 0 Å². The summed E-state index contributed by atoms with van der Waals surface area (Å²) in [5, 5.41) is 0. The van der Waals surface area contributed by atoms with Crippen molar-refractivity contribution in [3.05, 3.63) is 12.2 Å². The fourth-order valence-corrected chi connectivity index (χ4v) is 1.81. The van der Waals surface area contributed by atoms with Crippen LogP contribution in [0.1, 0.15) is 13.3 Å². The molecule has 0 aliphatic carbocycles. The molecule has 14 heavy (non-hydrogen) atoms. The molecule has 1 rings (SSSR count). The molecule has 3 nitrogen and oxygen atoms in total. The Balaban J connectivity index is 2.28. The molecule has 0 saturated carbocycles. The molecule has 0 radical (unpaired) electrons. The second-order valence-electron chi connectivity index (χ2n) is 4.16. The Morgan fingerprint density at radius 2 is 2.36 bits per heavy atom. The molecule has 1 atom stereocenters. The Bertz CT molecular complexity index is 225. The van der Waals surface area contributed by atoms with Crippen molar-refractivity contribution in [1.82, 2.24) is 9.80 Å². The van der Waals surface area contributed by atoms with Crippen LogP contribution in [0, 0.1) is 0 Å². The van der Waals surface area contributed by atoms with E-state index < -0.39 is 0 Å². The molecule has 0 aromatic rings. The van der Waals surface area contributed by atoms with Gasteiger partial charge in [-0.15, -0.1) is 0 Å². The molecule has 1 aliphatic rings. The first-order valence-electron chi connectivity index (χ1n) is 5.15. The van der Waals surface area contributed by atoms with E-state index in [0.717, 1.165) is 13.1 Å². The van der Waals surface area contributed by atoms with Crippen LogP contribution in [-0.4, -0.2) is 55.4 Å². The van der Waals surface area contributed by atoms with Gasteiger partial charge in [0.15, 0.2) is 5.78 Å². The van der Waals surface area contributed by atoms with Crippen molar-refractivity contribution in [3.8, 4) is 0 Å². The van der Waals surface area contributed by atoms with Crippen molar-refractivity contribution < 1.29 is 4.79 Å². The van der Waals surface area contributed by atoms with Crippen molar-refractivity contribution >= 4 is 5.78 Å². The Hall–Kier alpha value is -0.670. The lowest BCUT2D eigenvalue weighted by Crippen LogP contribution is -2.33. The summed E-state index contributed by atoms with van der Waals surface area (Å²) < 4.78 is 0. The zero-order valence-electron chi connectivity index (χ0n) is 9.36. The quantitative estimate of drug-likeness (QED) is 0.620. The van der Waals surface area contributed by atoms with Crippen LogP contribution >= 0.6 is 0 Å². The summed E-state index contributed by atoms with van der Waals surface area (Å²) in [5.41, 5.74) is 0.